The van der Waals surface area contributed by atoms with Gasteiger partial charge in [-0.25, -0.2) is 0 Å². The average molecular weight is 412 g/mol. The minimum Gasteiger partial charge on any atom is -0.491 e. The van der Waals surface area contributed by atoms with Gasteiger partial charge in [-0.2, -0.15) is 0 Å². The van der Waals surface area contributed by atoms with Gasteiger partial charge < -0.3 is 15.8 Å². The van der Waals surface area contributed by atoms with Crippen LogP contribution in [0.3, 0.4) is 0 Å². The molecule has 0 bridgehead atoms. The molecule has 1 aliphatic heterocycles. The molecule has 0 fully saturated rings. The summed E-state index contributed by atoms with van der Waals surface area (Å²) < 4.78 is 6.66. The molecule has 2 aromatic carbocycles. The van der Waals surface area contributed by atoms with Gasteiger partial charge in [-0.05, 0) is 42.7 Å². The van der Waals surface area contributed by atoms with Crippen LogP contribution in [0.5, 0.6) is 5.75 Å². The number of fused-ring (bicyclic) bond motifs is 1. The fourth-order valence-electron chi connectivity index (χ4n) is 2.68. The number of nitrogens with one attached hydrogen (secondary N) is 1. The van der Waals surface area contributed by atoms with Crippen LogP contribution in [0.4, 0.5) is 0 Å². The SMILES string of the molecule is CC(N)(C(=O)NC1COc2ccccc2C1)c1ccc(Br)cc1.Cl. The summed E-state index contributed by atoms with van der Waals surface area (Å²) in [6.07, 6.45) is 0.748. The second kappa shape index (κ2) is 7.55. The van der Waals surface area contributed by atoms with Gasteiger partial charge in [0, 0.05) is 4.47 Å². The van der Waals surface area contributed by atoms with Gasteiger partial charge in [-0.15, -0.1) is 12.4 Å². The van der Waals surface area contributed by atoms with E-state index in [1.54, 1.807) is 6.92 Å². The molecule has 1 heterocycles. The van der Waals surface area contributed by atoms with E-state index in [-0.39, 0.29) is 24.4 Å². The van der Waals surface area contributed by atoms with Crippen LogP contribution in [-0.4, -0.2) is 18.6 Å². The van der Waals surface area contributed by atoms with Crippen molar-refractivity contribution in [2.24, 2.45) is 5.73 Å². The summed E-state index contributed by atoms with van der Waals surface area (Å²) in [5.74, 6) is 0.689. The molecule has 3 rings (SSSR count). The van der Waals surface area contributed by atoms with E-state index in [4.69, 9.17) is 10.5 Å². The van der Waals surface area contributed by atoms with Crippen LogP contribution in [0.15, 0.2) is 53.0 Å². The maximum Gasteiger partial charge on any atom is 0.244 e. The summed E-state index contributed by atoms with van der Waals surface area (Å²) in [7, 11) is 0. The first-order chi connectivity index (χ1) is 11.0. The standard InChI is InChI=1S/C18H19BrN2O2.ClH/c1-18(20,13-6-8-14(19)9-7-13)17(22)21-15-10-12-4-2-3-5-16(12)23-11-15;/h2-9,15H,10-11,20H2,1H3,(H,21,22);1H. The second-order valence-corrected chi connectivity index (χ2v) is 6.92. The highest BCUT2D eigenvalue weighted by atomic mass is 79.9. The number of hydrogen-bond acceptors (Lipinski definition) is 3. The van der Waals surface area contributed by atoms with E-state index in [0.717, 1.165) is 27.8 Å². The Morgan fingerprint density at radius 2 is 1.92 bits per heavy atom. The molecule has 0 saturated heterocycles. The molecule has 128 valence electrons. The molecule has 0 spiro atoms. The van der Waals surface area contributed by atoms with Crippen molar-refractivity contribution in [3.05, 3.63) is 64.1 Å². The lowest BCUT2D eigenvalue weighted by molar-refractivity contribution is -0.127. The third-order valence-corrected chi connectivity index (χ3v) is 4.66. The first kappa shape index (κ1) is 18.8. The van der Waals surface area contributed by atoms with E-state index in [9.17, 15) is 4.79 Å². The molecule has 0 saturated carbocycles. The Morgan fingerprint density at radius 1 is 1.25 bits per heavy atom. The lowest BCUT2D eigenvalue weighted by atomic mass is 9.91. The summed E-state index contributed by atoms with van der Waals surface area (Å²) in [4.78, 5) is 12.6. The van der Waals surface area contributed by atoms with Crippen molar-refractivity contribution in [3.63, 3.8) is 0 Å². The molecule has 0 radical (unpaired) electrons. The van der Waals surface area contributed by atoms with Crippen LogP contribution in [0, 0.1) is 0 Å². The van der Waals surface area contributed by atoms with E-state index in [1.165, 1.54) is 0 Å². The molecule has 0 aromatic heterocycles. The van der Waals surface area contributed by atoms with Crippen molar-refractivity contribution < 1.29 is 9.53 Å². The fraction of sp³-hybridized carbons (Fsp3) is 0.278. The Kier molecular flexibility index (Phi) is 5.91. The molecule has 0 aliphatic carbocycles. The fourth-order valence-corrected chi connectivity index (χ4v) is 2.95. The van der Waals surface area contributed by atoms with Gasteiger partial charge in [-0.1, -0.05) is 46.3 Å². The van der Waals surface area contributed by atoms with Crippen LogP contribution in [0.1, 0.15) is 18.1 Å². The molecule has 2 unspecified atom stereocenters. The minimum atomic E-state index is -1.09. The third kappa shape index (κ3) is 3.91. The lowest BCUT2D eigenvalue weighted by Crippen LogP contribution is -2.54. The lowest BCUT2D eigenvalue weighted by Gasteiger charge is -2.30. The molecule has 4 nitrogen and oxygen atoms in total. The van der Waals surface area contributed by atoms with Crippen LogP contribution < -0.4 is 15.8 Å². The van der Waals surface area contributed by atoms with Gasteiger partial charge in [0.25, 0.3) is 0 Å². The molecular weight excluding hydrogens is 392 g/mol. The van der Waals surface area contributed by atoms with Crippen molar-refractivity contribution in [1.82, 2.24) is 5.32 Å². The van der Waals surface area contributed by atoms with E-state index in [0.29, 0.717) is 6.61 Å². The first-order valence-corrected chi connectivity index (χ1v) is 8.33. The predicted molar refractivity (Wildman–Crippen MR) is 101 cm³/mol. The maximum absolute atomic E-state index is 12.6. The summed E-state index contributed by atoms with van der Waals surface area (Å²) in [5, 5.41) is 3.01. The number of nitrogens with two attached hydrogens (primary N) is 1. The summed E-state index contributed by atoms with van der Waals surface area (Å²) in [5.41, 5.74) is 7.07. The molecule has 1 amide bonds. The van der Waals surface area contributed by atoms with E-state index in [1.807, 2.05) is 48.5 Å². The van der Waals surface area contributed by atoms with Crippen molar-refractivity contribution in [1.29, 1.82) is 0 Å². The van der Waals surface area contributed by atoms with E-state index in [2.05, 4.69) is 21.2 Å². The smallest absolute Gasteiger partial charge is 0.244 e. The number of rotatable bonds is 3. The normalized spacial score (nSPS) is 18.4. The highest BCUT2D eigenvalue weighted by molar-refractivity contribution is 9.10. The summed E-state index contributed by atoms with van der Waals surface area (Å²) in [6.45, 7) is 2.18. The number of benzene rings is 2. The Morgan fingerprint density at radius 3 is 2.62 bits per heavy atom. The zero-order valence-electron chi connectivity index (χ0n) is 13.3. The Bertz CT molecular complexity index is 719. The van der Waals surface area contributed by atoms with Gasteiger partial charge in [0.2, 0.25) is 5.91 Å². The zero-order valence-corrected chi connectivity index (χ0v) is 15.7. The molecule has 24 heavy (non-hydrogen) atoms. The molecular formula is C18H20BrClN2O2. The quantitative estimate of drug-likeness (QED) is 0.815. The number of carbonyl (C=O) groups excluding carboxylic acids is 1. The van der Waals surface area contributed by atoms with Crippen LogP contribution >= 0.6 is 28.3 Å². The number of carbonyl (C=O) groups is 1. The number of halogens is 2. The van der Waals surface area contributed by atoms with Crippen LogP contribution in [0.25, 0.3) is 0 Å². The van der Waals surface area contributed by atoms with Crippen LogP contribution in [-0.2, 0) is 16.8 Å². The highest BCUT2D eigenvalue weighted by Gasteiger charge is 2.33. The number of ether oxygens (including phenoxy) is 1. The molecule has 6 heteroatoms. The Balaban J connectivity index is 0.00000208. The largest absolute Gasteiger partial charge is 0.491 e. The van der Waals surface area contributed by atoms with Gasteiger partial charge >= 0.3 is 0 Å². The van der Waals surface area contributed by atoms with E-state index >= 15 is 0 Å². The minimum absolute atomic E-state index is 0. The predicted octanol–water partition coefficient (Wildman–Crippen LogP) is 3.16. The summed E-state index contributed by atoms with van der Waals surface area (Å²) >= 11 is 3.39. The summed E-state index contributed by atoms with van der Waals surface area (Å²) in [6, 6.07) is 15.3. The van der Waals surface area contributed by atoms with Crippen molar-refractivity contribution >= 4 is 34.2 Å². The maximum atomic E-state index is 12.6. The van der Waals surface area contributed by atoms with E-state index < -0.39 is 5.54 Å². The first-order valence-electron chi connectivity index (χ1n) is 7.53. The van der Waals surface area contributed by atoms with Gasteiger partial charge in [0.05, 0.1) is 6.04 Å². The van der Waals surface area contributed by atoms with Gasteiger partial charge in [-0.3, -0.25) is 4.79 Å². The third-order valence-electron chi connectivity index (χ3n) is 4.13. The number of para-hydroxylation sites is 1. The molecule has 2 atom stereocenters. The van der Waals surface area contributed by atoms with Gasteiger partial charge in [0.15, 0.2) is 0 Å². The molecule has 3 N–H and O–H groups in total. The number of hydrogen-bond donors (Lipinski definition) is 2. The monoisotopic (exact) mass is 410 g/mol. The van der Waals surface area contributed by atoms with Crippen molar-refractivity contribution in [3.8, 4) is 5.75 Å². The van der Waals surface area contributed by atoms with Crippen LogP contribution in [0.2, 0.25) is 0 Å². The van der Waals surface area contributed by atoms with Crippen molar-refractivity contribution in [2.75, 3.05) is 6.61 Å². The van der Waals surface area contributed by atoms with Crippen molar-refractivity contribution in [2.45, 2.75) is 24.9 Å². The highest BCUT2D eigenvalue weighted by Crippen LogP contribution is 2.25. The molecule has 2 aromatic rings. The zero-order chi connectivity index (χ0) is 16.4. The Hall–Kier alpha value is -1.56. The Labute approximate surface area is 156 Å². The number of amides is 1. The average Bonchev–Trinajstić information content (AvgIpc) is 2.55. The second-order valence-electron chi connectivity index (χ2n) is 6.00. The van der Waals surface area contributed by atoms with Gasteiger partial charge in [0.1, 0.15) is 17.9 Å². The topological polar surface area (TPSA) is 64.4 Å². The molecule has 1 aliphatic rings.